The Hall–Kier alpha value is -0.650. The maximum atomic E-state index is 11.7. The summed E-state index contributed by atoms with van der Waals surface area (Å²) >= 11 is 0. The molecule has 0 spiro atoms. The van der Waals surface area contributed by atoms with Crippen molar-refractivity contribution in [2.75, 3.05) is 26.3 Å². The van der Waals surface area contributed by atoms with Crippen LogP contribution in [0.5, 0.6) is 0 Å². The molecule has 1 amide bonds. The molecule has 1 aliphatic heterocycles. The molecular formula is C11H22N2O3. The quantitative estimate of drug-likeness (QED) is 0.603. The molecule has 0 bridgehead atoms. The van der Waals surface area contributed by atoms with Crippen LogP contribution in [0.25, 0.3) is 0 Å². The molecular weight excluding hydrogens is 208 g/mol. The van der Waals surface area contributed by atoms with Crippen LogP contribution in [-0.4, -0.2) is 49.0 Å². The number of hydrogen-bond donors (Lipinski definition) is 3. The Labute approximate surface area is 96.6 Å². The average molecular weight is 230 g/mol. The Bertz CT molecular complexity index is 223. The monoisotopic (exact) mass is 230 g/mol. The predicted octanol–water partition coefficient (Wildman–Crippen LogP) is -0.358. The molecule has 94 valence electrons. The SMILES string of the molecule is CCC(O)(CC)CNC(=O)C1COCCN1. The predicted molar refractivity (Wildman–Crippen MR) is 61.2 cm³/mol. The van der Waals surface area contributed by atoms with E-state index in [4.69, 9.17) is 4.74 Å². The summed E-state index contributed by atoms with van der Waals surface area (Å²) in [5.41, 5.74) is -0.787. The second-order valence-electron chi connectivity index (χ2n) is 4.23. The van der Waals surface area contributed by atoms with Gasteiger partial charge in [0, 0.05) is 13.1 Å². The lowest BCUT2D eigenvalue weighted by Crippen LogP contribution is -2.53. The summed E-state index contributed by atoms with van der Waals surface area (Å²) in [7, 11) is 0. The van der Waals surface area contributed by atoms with Crippen LogP contribution in [-0.2, 0) is 9.53 Å². The standard InChI is InChI=1S/C11H22N2O3/c1-3-11(15,4-2)8-13-10(14)9-7-16-6-5-12-9/h9,12,15H,3-8H2,1-2H3,(H,13,14). The second-order valence-corrected chi connectivity index (χ2v) is 4.23. The van der Waals surface area contributed by atoms with E-state index in [1.807, 2.05) is 13.8 Å². The molecule has 0 aromatic rings. The minimum Gasteiger partial charge on any atom is -0.388 e. The van der Waals surface area contributed by atoms with Crippen LogP contribution in [0.15, 0.2) is 0 Å². The number of carbonyl (C=O) groups is 1. The van der Waals surface area contributed by atoms with Crippen molar-refractivity contribution >= 4 is 5.91 Å². The zero-order valence-corrected chi connectivity index (χ0v) is 10.1. The zero-order chi connectivity index (χ0) is 12.0. The Morgan fingerprint density at radius 3 is 2.75 bits per heavy atom. The van der Waals surface area contributed by atoms with Crippen molar-refractivity contribution in [2.45, 2.75) is 38.3 Å². The summed E-state index contributed by atoms with van der Waals surface area (Å²) in [4.78, 5) is 11.7. The fourth-order valence-corrected chi connectivity index (χ4v) is 1.61. The van der Waals surface area contributed by atoms with Crippen LogP contribution in [0.3, 0.4) is 0 Å². The lowest BCUT2D eigenvalue weighted by atomic mass is 9.97. The Balaban J connectivity index is 2.33. The third-order valence-electron chi connectivity index (χ3n) is 3.15. The number of carbonyl (C=O) groups excluding carboxylic acids is 1. The van der Waals surface area contributed by atoms with Crippen LogP contribution < -0.4 is 10.6 Å². The molecule has 16 heavy (non-hydrogen) atoms. The van der Waals surface area contributed by atoms with Gasteiger partial charge in [0.25, 0.3) is 0 Å². The van der Waals surface area contributed by atoms with E-state index in [-0.39, 0.29) is 11.9 Å². The summed E-state index contributed by atoms with van der Waals surface area (Å²) in [5.74, 6) is -0.0972. The smallest absolute Gasteiger partial charge is 0.239 e. The second kappa shape index (κ2) is 6.18. The van der Waals surface area contributed by atoms with Crippen LogP contribution in [0.4, 0.5) is 0 Å². The third kappa shape index (κ3) is 3.73. The molecule has 1 saturated heterocycles. The Morgan fingerprint density at radius 2 is 2.25 bits per heavy atom. The lowest BCUT2D eigenvalue weighted by Gasteiger charge is -2.28. The number of morpholine rings is 1. The first kappa shape index (κ1) is 13.4. The first-order valence-electron chi connectivity index (χ1n) is 5.92. The van der Waals surface area contributed by atoms with E-state index in [1.165, 1.54) is 0 Å². The normalized spacial score (nSPS) is 21.8. The van der Waals surface area contributed by atoms with Crippen molar-refractivity contribution in [3.8, 4) is 0 Å². The van der Waals surface area contributed by atoms with Crippen LogP contribution >= 0.6 is 0 Å². The maximum absolute atomic E-state index is 11.7. The van der Waals surface area contributed by atoms with Crippen molar-refractivity contribution in [1.82, 2.24) is 10.6 Å². The lowest BCUT2D eigenvalue weighted by molar-refractivity contribution is -0.127. The molecule has 0 radical (unpaired) electrons. The largest absolute Gasteiger partial charge is 0.388 e. The van der Waals surface area contributed by atoms with Gasteiger partial charge < -0.3 is 20.5 Å². The van der Waals surface area contributed by atoms with Crippen molar-refractivity contribution in [3.05, 3.63) is 0 Å². The molecule has 1 rings (SSSR count). The molecule has 0 aromatic carbocycles. The number of nitrogens with one attached hydrogen (secondary N) is 2. The fraction of sp³-hybridized carbons (Fsp3) is 0.909. The Kier molecular flexibility index (Phi) is 5.18. The maximum Gasteiger partial charge on any atom is 0.239 e. The number of rotatable bonds is 5. The van der Waals surface area contributed by atoms with E-state index in [0.29, 0.717) is 39.1 Å². The van der Waals surface area contributed by atoms with Gasteiger partial charge in [-0.25, -0.2) is 0 Å². The van der Waals surface area contributed by atoms with Gasteiger partial charge in [-0.05, 0) is 12.8 Å². The minimum absolute atomic E-state index is 0.0972. The van der Waals surface area contributed by atoms with E-state index in [1.54, 1.807) is 0 Å². The van der Waals surface area contributed by atoms with E-state index in [0.717, 1.165) is 0 Å². The number of hydrogen-bond acceptors (Lipinski definition) is 4. The Morgan fingerprint density at radius 1 is 1.56 bits per heavy atom. The zero-order valence-electron chi connectivity index (χ0n) is 10.1. The van der Waals surface area contributed by atoms with E-state index < -0.39 is 5.60 Å². The van der Waals surface area contributed by atoms with Crippen LogP contribution in [0.1, 0.15) is 26.7 Å². The van der Waals surface area contributed by atoms with Crippen molar-refractivity contribution in [3.63, 3.8) is 0 Å². The minimum atomic E-state index is -0.787. The van der Waals surface area contributed by atoms with Crippen LogP contribution in [0, 0.1) is 0 Å². The van der Waals surface area contributed by atoms with Crippen LogP contribution in [0.2, 0.25) is 0 Å². The molecule has 0 aliphatic carbocycles. The van der Waals surface area contributed by atoms with E-state index >= 15 is 0 Å². The van der Waals surface area contributed by atoms with Gasteiger partial charge in [0.2, 0.25) is 5.91 Å². The highest BCUT2D eigenvalue weighted by Crippen LogP contribution is 2.12. The van der Waals surface area contributed by atoms with Gasteiger partial charge >= 0.3 is 0 Å². The van der Waals surface area contributed by atoms with Gasteiger partial charge in [0.1, 0.15) is 6.04 Å². The third-order valence-corrected chi connectivity index (χ3v) is 3.15. The summed E-state index contributed by atoms with van der Waals surface area (Å²) in [6, 6.07) is -0.285. The van der Waals surface area contributed by atoms with Crippen molar-refractivity contribution in [1.29, 1.82) is 0 Å². The van der Waals surface area contributed by atoms with Gasteiger partial charge in [0.05, 0.1) is 18.8 Å². The van der Waals surface area contributed by atoms with Gasteiger partial charge in [0.15, 0.2) is 0 Å². The number of ether oxygens (including phenoxy) is 1. The molecule has 0 saturated carbocycles. The van der Waals surface area contributed by atoms with Crippen molar-refractivity contribution < 1.29 is 14.6 Å². The fourth-order valence-electron chi connectivity index (χ4n) is 1.61. The highest BCUT2D eigenvalue weighted by atomic mass is 16.5. The molecule has 5 heteroatoms. The molecule has 1 atom stereocenters. The average Bonchev–Trinajstić information content (AvgIpc) is 2.36. The van der Waals surface area contributed by atoms with Gasteiger partial charge in [-0.1, -0.05) is 13.8 Å². The summed E-state index contributed by atoms with van der Waals surface area (Å²) in [6.45, 7) is 5.89. The van der Waals surface area contributed by atoms with Gasteiger partial charge in [-0.2, -0.15) is 0 Å². The molecule has 1 aliphatic rings. The summed E-state index contributed by atoms with van der Waals surface area (Å²) in [6.07, 6.45) is 1.27. The summed E-state index contributed by atoms with van der Waals surface area (Å²) in [5, 5.41) is 15.8. The van der Waals surface area contributed by atoms with Gasteiger partial charge in [-0.15, -0.1) is 0 Å². The van der Waals surface area contributed by atoms with E-state index in [9.17, 15) is 9.90 Å². The van der Waals surface area contributed by atoms with Gasteiger partial charge in [-0.3, -0.25) is 4.79 Å². The molecule has 1 fully saturated rings. The van der Waals surface area contributed by atoms with E-state index in [2.05, 4.69) is 10.6 Å². The molecule has 3 N–H and O–H groups in total. The molecule has 0 aromatic heterocycles. The summed E-state index contributed by atoms with van der Waals surface area (Å²) < 4.78 is 5.20. The molecule has 5 nitrogen and oxygen atoms in total. The highest BCUT2D eigenvalue weighted by Gasteiger charge is 2.26. The molecule has 1 heterocycles. The first-order chi connectivity index (χ1) is 7.61. The first-order valence-corrected chi connectivity index (χ1v) is 5.92. The number of aliphatic hydroxyl groups is 1. The highest BCUT2D eigenvalue weighted by molar-refractivity contribution is 5.82. The number of amides is 1. The van der Waals surface area contributed by atoms with Crippen molar-refractivity contribution in [2.24, 2.45) is 0 Å². The molecule has 1 unspecified atom stereocenters. The topological polar surface area (TPSA) is 70.6 Å².